The van der Waals surface area contributed by atoms with E-state index >= 15 is 0 Å². The van der Waals surface area contributed by atoms with Gasteiger partial charge in [-0.1, -0.05) is 69.1 Å². The van der Waals surface area contributed by atoms with Gasteiger partial charge in [-0.15, -0.1) is 0 Å². The van der Waals surface area contributed by atoms with E-state index in [0.717, 1.165) is 18.4 Å². The zero-order valence-electron chi connectivity index (χ0n) is 19.5. The quantitative estimate of drug-likeness (QED) is 0.415. The van der Waals surface area contributed by atoms with Crippen molar-refractivity contribution in [1.82, 2.24) is 9.45 Å². The van der Waals surface area contributed by atoms with Gasteiger partial charge in [-0.05, 0) is 29.8 Å². The zero-order chi connectivity index (χ0) is 23.3. The summed E-state index contributed by atoms with van der Waals surface area (Å²) < 4.78 is 9.87. The van der Waals surface area contributed by atoms with Crippen molar-refractivity contribution in [2.75, 3.05) is 32.1 Å². The Morgan fingerprint density at radius 1 is 1.06 bits per heavy atom. The van der Waals surface area contributed by atoms with Crippen LogP contribution >= 0.6 is 30.6 Å². The molecule has 8 heteroatoms. The van der Waals surface area contributed by atoms with Gasteiger partial charge < -0.3 is 4.90 Å². The topological polar surface area (TPSA) is 34.4 Å². The summed E-state index contributed by atoms with van der Waals surface area (Å²) in [5, 5.41) is 7.17. The SMILES string of the molecule is CCN(CC)[P@@]1(=Nc2cc(Cl)ccc2Cl)/C(=C2/N(C)c3ccccc3C2(C)C)C=NN1C. The summed E-state index contributed by atoms with van der Waals surface area (Å²) in [6.07, 6.45) is 2.01. The van der Waals surface area contributed by atoms with Crippen molar-refractivity contribution in [3.8, 4) is 0 Å². The standard InChI is InChI=1S/C24H30Cl2N5P/c1-7-31(8-2)32(28-20-15-17(25)13-14-19(20)26)22(16-27-30(32)6)23-24(3,4)18-11-9-10-12-21(18)29(23)5/h9-16H,7-8H2,1-6H3/b23-22+/t32-/m1/s1. The summed E-state index contributed by atoms with van der Waals surface area (Å²) in [6, 6.07) is 14.1. The number of fused-ring (bicyclic) bond motifs is 1. The van der Waals surface area contributed by atoms with Gasteiger partial charge in [0.25, 0.3) is 0 Å². The van der Waals surface area contributed by atoms with E-state index in [-0.39, 0.29) is 5.41 Å². The minimum Gasteiger partial charge on any atom is -0.346 e. The highest BCUT2D eigenvalue weighted by Crippen LogP contribution is 2.69. The fourth-order valence-corrected chi connectivity index (χ4v) is 9.05. The van der Waals surface area contributed by atoms with E-state index in [4.69, 9.17) is 33.0 Å². The van der Waals surface area contributed by atoms with Gasteiger partial charge >= 0.3 is 0 Å². The number of para-hydroxylation sites is 1. The maximum Gasteiger partial charge on any atom is 0.174 e. The molecule has 32 heavy (non-hydrogen) atoms. The maximum absolute atomic E-state index is 6.60. The van der Waals surface area contributed by atoms with Crippen LogP contribution in [-0.2, 0) is 5.41 Å². The summed E-state index contributed by atoms with van der Waals surface area (Å²) in [6.45, 7) is 10.6. The van der Waals surface area contributed by atoms with Crippen LogP contribution in [0, 0.1) is 0 Å². The van der Waals surface area contributed by atoms with E-state index in [1.54, 1.807) is 6.07 Å². The molecule has 5 nitrogen and oxygen atoms in total. The number of hydrogen-bond acceptors (Lipinski definition) is 3. The Hall–Kier alpha value is -1.78. The number of allylic oxidation sites excluding steroid dienone is 2. The van der Waals surface area contributed by atoms with Crippen LogP contribution in [0.3, 0.4) is 0 Å². The summed E-state index contributed by atoms with van der Waals surface area (Å²) in [5.41, 5.74) is 4.27. The summed E-state index contributed by atoms with van der Waals surface area (Å²) >= 11 is 12.9. The van der Waals surface area contributed by atoms with Gasteiger partial charge in [0.05, 0.1) is 22.2 Å². The lowest BCUT2D eigenvalue weighted by atomic mass is 9.84. The van der Waals surface area contributed by atoms with Crippen molar-refractivity contribution >= 4 is 48.1 Å². The Morgan fingerprint density at radius 2 is 1.75 bits per heavy atom. The first-order chi connectivity index (χ1) is 15.2. The Labute approximate surface area is 201 Å². The molecule has 4 rings (SSSR count). The van der Waals surface area contributed by atoms with Gasteiger partial charge in [-0.25, -0.2) is 14.2 Å². The molecule has 0 spiro atoms. The van der Waals surface area contributed by atoms with Crippen molar-refractivity contribution in [2.24, 2.45) is 9.85 Å². The number of hydrogen-bond donors (Lipinski definition) is 0. The van der Waals surface area contributed by atoms with Crippen molar-refractivity contribution < 1.29 is 0 Å². The lowest BCUT2D eigenvalue weighted by Gasteiger charge is -2.39. The Kier molecular flexibility index (Phi) is 6.23. The van der Waals surface area contributed by atoms with E-state index in [9.17, 15) is 0 Å². The number of benzene rings is 2. The highest BCUT2D eigenvalue weighted by Gasteiger charge is 2.47. The molecule has 0 aliphatic carbocycles. The van der Waals surface area contributed by atoms with Crippen LogP contribution in [0.2, 0.25) is 10.0 Å². The third kappa shape index (κ3) is 3.42. The third-order valence-electron chi connectivity index (χ3n) is 6.46. The number of halogens is 2. The van der Waals surface area contributed by atoms with Crippen LogP contribution in [0.4, 0.5) is 11.4 Å². The van der Waals surface area contributed by atoms with E-state index in [1.165, 1.54) is 16.9 Å². The number of hydrazone groups is 1. The Morgan fingerprint density at radius 3 is 2.41 bits per heavy atom. The molecule has 0 aromatic heterocycles. The first-order valence-electron chi connectivity index (χ1n) is 10.9. The van der Waals surface area contributed by atoms with Crippen LogP contribution in [0.15, 0.2) is 63.3 Å². The van der Waals surface area contributed by atoms with Crippen molar-refractivity contribution in [2.45, 2.75) is 33.1 Å². The van der Waals surface area contributed by atoms with Crippen LogP contribution in [0.25, 0.3) is 0 Å². The second-order valence-corrected chi connectivity index (χ2v) is 12.4. The lowest BCUT2D eigenvalue weighted by molar-refractivity contribution is 0.452. The van der Waals surface area contributed by atoms with Crippen LogP contribution in [0.5, 0.6) is 0 Å². The van der Waals surface area contributed by atoms with Gasteiger partial charge in [0.15, 0.2) is 7.36 Å². The van der Waals surface area contributed by atoms with E-state index in [1.807, 2.05) is 30.2 Å². The molecule has 0 unspecified atom stereocenters. The molecule has 2 aliphatic heterocycles. The maximum atomic E-state index is 6.60. The molecule has 2 heterocycles. The summed E-state index contributed by atoms with van der Waals surface area (Å²) in [5.74, 6) is 0. The fourth-order valence-electron chi connectivity index (χ4n) is 4.95. The van der Waals surface area contributed by atoms with Crippen LogP contribution in [0.1, 0.15) is 33.3 Å². The third-order valence-corrected chi connectivity index (χ3v) is 10.8. The molecule has 2 aliphatic rings. The highest BCUT2D eigenvalue weighted by molar-refractivity contribution is 7.67. The molecule has 0 fully saturated rings. The van der Waals surface area contributed by atoms with Gasteiger partial charge in [-0.3, -0.25) is 0 Å². The van der Waals surface area contributed by atoms with Crippen molar-refractivity contribution in [1.29, 1.82) is 0 Å². The monoisotopic (exact) mass is 489 g/mol. The van der Waals surface area contributed by atoms with E-state index in [2.05, 4.69) is 68.6 Å². The number of nitrogens with zero attached hydrogens (tertiary/aromatic N) is 5. The number of anilines is 1. The van der Waals surface area contributed by atoms with Gasteiger partial charge in [0, 0.05) is 49.0 Å². The average molecular weight is 490 g/mol. The van der Waals surface area contributed by atoms with Gasteiger partial charge in [-0.2, -0.15) is 5.10 Å². The largest absolute Gasteiger partial charge is 0.346 e. The number of likely N-dealkylation sites (N-methyl/N-ethyl adjacent to an activating group) is 1. The molecule has 0 saturated heterocycles. The lowest BCUT2D eigenvalue weighted by Crippen LogP contribution is -2.30. The van der Waals surface area contributed by atoms with Gasteiger partial charge in [0.1, 0.15) is 0 Å². The van der Waals surface area contributed by atoms with Crippen LogP contribution < -0.4 is 4.90 Å². The highest BCUT2D eigenvalue weighted by atomic mass is 35.5. The minimum atomic E-state index is -2.46. The molecule has 0 radical (unpaired) electrons. The zero-order valence-corrected chi connectivity index (χ0v) is 21.9. The second kappa shape index (κ2) is 8.53. The van der Waals surface area contributed by atoms with Gasteiger partial charge in [0.2, 0.25) is 0 Å². The Balaban J connectivity index is 2.09. The molecule has 0 amide bonds. The summed E-state index contributed by atoms with van der Waals surface area (Å²) in [7, 11) is 1.71. The van der Waals surface area contributed by atoms with Crippen molar-refractivity contribution in [3.05, 3.63) is 69.1 Å². The van der Waals surface area contributed by atoms with Crippen LogP contribution in [-0.4, -0.2) is 42.8 Å². The normalized spacial score (nSPS) is 23.9. The second-order valence-electron chi connectivity index (χ2n) is 8.57. The fraction of sp³-hybridized carbons (Fsp3) is 0.375. The molecular weight excluding hydrogens is 460 g/mol. The minimum absolute atomic E-state index is 0.191. The van der Waals surface area contributed by atoms with E-state index < -0.39 is 7.36 Å². The first kappa shape index (κ1) is 23.4. The average Bonchev–Trinajstić information content (AvgIpc) is 3.17. The molecule has 2 aromatic rings. The first-order valence-corrected chi connectivity index (χ1v) is 13.3. The Bertz CT molecular complexity index is 1170. The molecule has 170 valence electrons. The molecule has 2 aromatic carbocycles. The predicted molar refractivity (Wildman–Crippen MR) is 140 cm³/mol. The molecule has 1 atom stereocenters. The van der Waals surface area contributed by atoms with Crippen molar-refractivity contribution in [3.63, 3.8) is 0 Å². The predicted octanol–water partition coefficient (Wildman–Crippen LogP) is 7.57. The molecule has 0 N–H and O–H groups in total. The number of rotatable bonds is 4. The molecule has 0 saturated carbocycles. The smallest absolute Gasteiger partial charge is 0.174 e. The summed E-state index contributed by atoms with van der Waals surface area (Å²) in [4.78, 5) is 2.31. The molecule has 0 bridgehead atoms. The molecular formula is C24H30Cl2N5P. The van der Waals surface area contributed by atoms with E-state index in [0.29, 0.717) is 15.7 Å².